The molecule has 0 aliphatic carbocycles. The highest BCUT2D eigenvalue weighted by molar-refractivity contribution is 7.61. The van der Waals surface area contributed by atoms with E-state index in [0.717, 1.165) is 0 Å². The van der Waals surface area contributed by atoms with E-state index in [1.807, 2.05) is 0 Å². The highest BCUT2D eigenvalue weighted by Gasteiger charge is 2.48. The summed E-state index contributed by atoms with van der Waals surface area (Å²) in [5, 5.41) is 22.1. The van der Waals surface area contributed by atoms with Crippen molar-refractivity contribution >= 4 is 29.4 Å². The Bertz CT molecular complexity index is 819. The minimum Gasteiger partial charge on any atom is -0.386 e. The van der Waals surface area contributed by atoms with Crippen molar-refractivity contribution in [1.29, 1.82) is 0 Å². The van der Waals surface area contributed by atoms with Crippen molar-refractivity contribution in [2.24, 2.45) is 11.1 Å². The van der Waals surface area contributed by atoms with Crippen molar-refractivity contribution in [3.63, 3.8) is 0 Å². The Morgan fingerprint density at radius 2 is 1.70 bits per heavy atom. The van der Waals surface area contributed by atoms with Crippen molar-refractivity contribution in [2.75, 3.05) is 19.8 Å². The van der Waals surface area contributed by atoms with Crippen molar-refractivity contribution in [1.82, 2.24) is 5.32 Å². The van der Waals surface area contributed by atoms with Crippen LogP contribution >= 0.6 is 23.5 Å². The first-order valence-corrected chi connectivity index (χ1v) is 13.8. The standard InChI is InChI=1S/C13H29N2O15P3/c1-4-15-12(18)10(17)13(2,3)6-27-33(24,25)30-32(22,23)26-5-7-9(29-31(19,20)21)8(16)11(14)28-7/h7-11,16-17H,4-6,14H2,1-3H3,(H,15,18)(H,22,23)(H,24,25)(H2,19,20,21)/t7-,8-,9-,10+,11-/m1/s1. The summed E-state index contributed by atoms with van der Waals surface area (Å²) in [6.45, 7) is 2.68. The molecule has 0 radical (unpaired) electrons. The van der Waals surface area contributed by atoms with E-state index in [4.69, 9.17) is 20.3 Å². The lowest BCUT2D eigenvalue weighted by Crippen LogP contribution is -2.45. The fraction of sp³-hybridized carbons (Fsp3) is 0.923. The van der Waals surface area contributed by atoms with Crippen molar-refractivity contribution in [3.05, 3.63) is 0 Å². The third-order valence-electron chi connectivity index (χ3n) is 4.18. The van der Waals surface area contributed by atoms with Crippen LogP contribution in [0.2, 0.25) is 0 Å². The summed E-state index contributed by atoms with van der Waals surface area (Å²) in [6, 6.07) is 0. The Morgan fingerprint density at radius 3 is 2.21 bits per heavy atom. The maximum Gasteiger partial charge on any atom is 0.481 e. The summed E-state index contributed by atoms with van der Waals surface area (Å²) >= 11 is 0. The first kappa shape index (κ1) is 30.7. The fourth-order valence-electron chi connectivity index (χ4n) is 2.49. The molecule has 9 N–H and O–H groups in total. The van der Waals surface area contributed by atoms with Gasteiger partial charge >= 0.3 is 23.5 Å². The summed E-state index contributed by atoms with van der Waals surface area (Å²) in [5.41, 5.74) is 3.97. The molecule has 0 saturated carbocycles. The second-order valence-electron chi connectivity index (χ2n) is 7.56. The Kier molecular flexibility index (Phi) is 10.8. The molecule has 17 nitrogen and oxygen atoms in total. The van der Waals surface area contributed by atoms with Crippen LogP contribution in [-0.4, -0.2) is 86.1 Å². The van der Waals surface area contributed by atoms with Gasteiger partial charge in [-0.15, -0.1) is 0 Å². The molecular formula is C13H29N2O15P3. The molecule has 33 heavy (non-hydrogen) atoms. The third-order valence-corrected chi connectivity index (χ3v) is 7.28. The number of phosphoric ester groups is 3. The van der Waals surface area contributed by atoms with E-state index in [1.54, 1.807) is 6.92 Å². The second kappa shape index (κ2) is 11.6. The number of amides is 1. The largest absolute Gasteiger partial charge is 0.481 e. The summed E-state index contributed by atoms with van der Waals surface area (Å²) < 4.78 is 57.5. The quantitative estimate of drug-likeness (QED) is 0.119. The summed E-state index contributed by atoms with van der Waals surface area (Å²) in [5.74, 6) is -0.778. The van der Waals surface area contributed by atoms with Crippen molar-refractivity contribution in [2.45, 2.75) is 51.4 Å². The molecule has 0 aromatic heterocycles. The van der Waals surface area contributed by atoms with Gasteiger partial charge in [-0.2, -0.15) is 4.31 Å². The molecule has 0 aromatic rings. The lowest BCUT2D eigenvalue weighted by atomic mass is 9.87. The predicted octanol–water partition coefficient (Wildman–Crippen LogP) is -1.72. The number of nitrogens with two attached hydrogens (primary N) is 1. The highest BCUT2D eigenvalue weighted by Crippen LogP contribution is 2.61. The SMILES string of the molecule is CCNC(=O)[C@H](O)C(C)(C)COP(=O)(O)OP(=O)(O)OC[C@H]1O[C@@H](N)[C@H](O)[C@@H]1OP(=O)(O)O. The number of likely N-dealkylation sites (N-methyl/N-ethyl adjacent to an activating group) is 1. The van der Waals surface area contributed by atoms with Crippen molar-refractivity contribution < 1.29 is 70.9 Å². The molecule has 1 aliphatic rings. The van der Waals surface area contributed by atoms with Crippen LogP contribution in [-0.2, 0) is 41.1 Å². The van der Waals surface area contributed by atoms with E-state index in [1.165, 1.54) is 13.8 Å². The van der Waals surface area contributed by atoms with Crippen LogP contribution in [0.4, 0.5) is 0 Å². The molecule has 1 aliphatic heterocycles. The number of hydrogen-bond acceptors (Lipinski definition) is 12. The predicted molar refractivity (Wildman–Crippen MR) is 107 cm³/mol. The normalized spacial score (nSPS) is 28.7. The van der Waals surface area contributed by atoms with Crippen LogP contribution in [0.25, 0.3) is 0 Å². The van der Waals surface area contributed by atoms with Crippen LogP contribution in [0.15, 0.2) is 0 Å². The molecule has 0 spiro atoms. The monoisotopic (exact) mass is 546 g/mol. The maximum absolute atomic E-state index is 12.0. The zero-order valence-corrected chi connectivity index (χ0v) is 20.5. The summed E-state index contributed by atoms with van der Waals surface area (Å²) in [6.07, 6.45) is -8.22. The number of rotatable bonds is 13. The number of aliphatic hydroxyl groups excluding tert-OH is 2. The minimum absolute atomic E-state index is 0.214. The van der Waals surface area contributed by atoms with Gasteiger partial charge in [0, 0.05) is 12.0 Å². The van der Waals surface area contributed by atoms with Crippen LogP contribution in [0.5, 0.6) is 0 Å². The van der Waals surface area contributed by atoms with Gasteiger partial charge in [-0.3, -0.25) is 18.4 Å². The lowest BCUT2D eigenvalue weighted by Gasteiger charge is -2.29. The number of phosphoric acid groups is 3. The number of carbonyl (C=O) groups is 1. The van der Waals surface area contributed by atoms with Crippen LogP contribution in [0, 0.1) is 5.41 Å². The summed E-state index contributed by atoms with van der Waals surface area (Å²) in [7, 11) is -15.8. The number of ether oxygens (including phenoxy) is 1. The van der Waals surface area contributed by atoms with E-state index < -0.39 is 78.6 Å². The number of aliphatic hydroxyl groups is 2. The zero-order chi connectivity index (χ0) is 25.8. The molecule has 196 valence electrons. The van der Waals surface area contributed by atoms with E-state index >= 15 is 0 Å². The first-order valence-electron chi connectivity index (χ1n) is 9.25. The lowest BCUT2D eigenvalue weighted by molar-refractivity contribution is -0.136. The molecule has 1 heterocycles. The number of carbonyl (C=O) groups excluding carboxylic acids is 1. The molecular weight excluding hydrogens is 517 g/mol. The summed E-state index contributed by atoms with van der Waals surface area (Å²) in [4.78, 5) is 48.9. The molecule has 7 atom stereocenters. The fourth-order valence-corrected chi connectivity index (χ4v) is 5.32. The van der Waals surface area contributed by atoms with Gasteiger partial charge in [0.15, 0.2) is 0 Å². The molecule has 0 bridgehead atoms. The molecule has 1 fully saturated rings. The number of hydrogen-bond donors (Lipinski definition) is 8. The van der Waals surface area contributed by atoms with Gasteiger partial charge in [-0.25, -0.2) is 13.7 Å². The Hall–Kier alpha value is -0.320. The highest BCUT2D eigenvalue weighted by atomic mass is 31.3. The van der Waals surface area contributed by atoms with Gasteiger partial charge < -0.3 is 45.6 Å². The van der Waals surface area contributed by atoms with Gasteiger partial charge in [0.05, 0.1) is 13.2 Å². The topological polar surface area (TPSA) is 274 Å². The van der Waals surface area contributed by atoms with E-state index in [2.05, 4.69) is 23.2 Å². The van der Waals surface area contributed by atoms with Gasteiger partial charge in [0.25, 0.3) is 0 Å². The molecule has 1 amide bonds. The Labute approximate surface area is 188 Å². The minimum atomic E-state index is -5.35. The van der Waals surface area contributed by atoms with Crippen molar-refractivity contribution in [3.8, 4) is 0 Å². The maximum atomic E-state index is 12.0. The first-order chi connectivity index (χ1) is 14.8. The molecule has 2 unspecified atom stereocenters. The third kappa shape index (κ3) is 10.1. The smallest absolute Gasteiger partial charge is 0.386 e. The van der Waals surface area contributed by atoms with E-state index in [0.29, 0.717) is 0 Å². The second-order valence-corrected chi connectivity index (χ2v) is 11.8. The van der Waals surface area contributed by atoms with Gasteiger partial charge in [-0.05, 0) is 6.92 Å². The molecule has 20 heteroatoms. The average molecular weight is 546 g/mol. The Morgan fingerprint density at radius 1 is 1.15 bits per heavy atom. The molecule has 1 rings (SSSR count). The zero-order valence-electron chi connectivity index (χ0n) is 17.8. The van der Waals surface area contributed by atoms with Gasteiger partial charge in [0.2, 0.25) is 5.91 Å². The van der Waals surface area contributed by atoms with Gasteiger partial charge in [-0.1, -0.05) is 13.8 Å². The van der Waals surface area contributed by atoms with Crippen LogP contribution in [0.3, 0.4) is 0 Å². The van der Waals surface area contributed by atoms with Crippen LogP contribution < -0.4 is 11.1 Å². The average Bonchev–Trinajstić information content (AvgIpc) is 2.90. The van der Waals surface area contributed by atoms with Gasteiger partial charge in [0.1, 0.15) is 30.6 Å². The van der Waals surface area contributed by atoms with E-state index in [-0.39, 0.29) is 6.54 Å². The number of nitrogens with one attached hydrogen (secondary N) is 1. The molecule has 1 saturated heterocycles. The van der Waals surface area contributed by atoms with Crippen LogP contribution in [0.1, 0.15) is 20.8 Å². The Balaban J connectivity index is 2.72. The van der Waals surface area contributed by atoms with E-state index in [9.17, 15) is 38.5 Å². The molecule has 0 aromatic carbocycles.